The van der Waals surface area contributed by atoms with Crippen LogP contribution in [0.5, 0.6) is 5.75 Å². The van der Waals surface area contributed by atoms with Crippen LogP contribution >= 0.6 is 23.5 Å². The Morgan fingerprint density at radius 2 is 2.06 bits per heavy atom. The number of phenolic OH excluding ortho intramolecular Hbond substituents is 1. The third-order valence-electron chi connectivity index (χ3n) is 4.82. The lowest BCUT2D eigenvalue weighted by atomic mass is 10.0. The molecule has 4 rings (SSSR count). The minimum absolute atomic E-state index is 0.0413. The molecular weight excluding hydrogens is 444 g/mol. The highest BCUT2D eigenvalue weighted by Crippen LogP contribution is 2.41. The topological polar surface area (TPSA) is 151 Å². The van der Waals surface area contributed by atoms with Gasteiger partial charge < -0.3 is 15.5 Å². The fraction of sp³-hybridized carbons (Fsp3) is 0.333. The number of thioether (sulfide) groups is 2. The van der Waals surface area contributed by atoms with Crippen LogP contribution in [0.15, 0.2) is 40.7 Å². The van der Waals surface area contributed by atoms with Crippen LogP contribution < -0.4 is 5.32 Å². The lowest BCUT2D eigenvalue weighted by Crippen LogP contribution is -2.70. The predicted octanol–water partition coefficient (Wildman–Crippen LogP) is -0.0109. The van der Waals surface area contributed by atoms with Gasteiger partial charge in [0.15, 0.2) is 0 Å². The molecule has 0 saturated carbocycles. The Balaban J connectivity index is 1.43. The molecule has 1 unspecified atom stereocenters. The average molecular weight is 463 g/mol. The van der Waals surface area contributed by atoms with E-state index in [1.807, 2.05) is 0 Å². The standard InChI is InChI=1S/C18H18N6O5S2/c1-23-18(20-21-22-23)31-8-10-7-30-16-13(15(27)24(16)14(10)17(28)29)19-12(26)6-9-2-4-11(25)5-3-9/h2-5,13,16,25H,6-8H2,1H3,(H,19,26)(H,28,29)/t13-,16?/m1/s1. The molecule has 0 bridgehead atoms. The third-order valence-corrected chi connectivity index (χ3v) is 7.26. The Morgan fingerprint density at radius 3 is 2.71 bits per heavy atom. The van der Waals surface area contributed by atoms with Crippen LogP contribution in [0.3, 0.4) is 0 Å². The summed E-state index contributed by atoms with van der Waals surface area (Å²) in [4.78, 5) is 38.2. The molecule has 1 saturated heterocycles. The van der Waals surface area contributed by atoms with Crippen molar-refractivity contribution in [3.63, 3.8) is 0 Å². The Hall–Kier alpha value is -3.06. The predicted molar refractivity (Wildman–Crippen MR) is 111 cm³/mol. The minimum Gasteiger partial charge on any atom is -0.508 e. The fourth-order valence-corrected chi connectivity index (χ4v) is 5.65. The van der Waals surface area contributed by atoms with Gasteiger partial charge in [-0.2, -0.15) is 0 Å². The number of nitrogens with zero attached hydrogens (tertiary/aromatic N) is 5. The summed E-state index contributed by atoms with van der Waals surface area (Å²) in [6, 6.07) is 5.44. The smallest absolute Gasteiger partial charge is 0.352 e. The molecule has 13 heteroatoms. The molecule has 1 fully saturated rings. The zero-order chi connectivity index (χ0) is 22.1. The van der Waals surface area contributed by atoms with E-state index in [4.69, 9.17) is 0 Å². The van der Waals surface area contributed by atoms with Crippen LogP contribution in [0, 0.1) is 0 Å². The van der Waals surface area contributed by atoms with Gasteiger partial charge >= 0.3 is 5.97 Å². The molecule has 162 valence electrons. The van der Waals surface area contributed by atoms with Crippen LogP contribution in [-0.4, -0.2) is 76.0 Å². The molecule has 2 aromatic rings. The van der Waals surface area contributed by atoms with Gasteiger partial charge in [-0.1, -0.05) is 23.9 Å². The van der Waals surface area contributed by atoms with Crippen molar-refractivity contribution in [1.29, 1.82) is 0 Å². The van der Waals surface area contributed by atoms with Gasteiger partial charge in [0.2, 0.25) is 11.1 Å². The molecule has 2 amide bonds. The molecule has 11 nitrogen and oxygen atoms in total. The highest BCUT2D eigenvalue weighted by atomic mass is 32.2. The van der Waals surface area contributed by atoms with E-state index in [0.29, 0.717) is 27.8 Å². The van der Waals surface area contributed by atoms with Gasteiger partial charge in [-0.3, -0.25) is 14.5 Å². The molecule has 1 aromatic heterocycles. The second-order valence-electron chi connectivity index (χ2n) is 6.93. The SMILES string of the molecule is Cn1nnnc1SCC1=C(C(=O)O)N2C(=O)[C@@H](NC(=O)Cc3ccc(O)cc3)C2SC1. The summed E-state index contributed by atoms with van der Waals surface area (Å²) in [5.74, 6) is -1.13. The van der Waals surface area contributed by atoms with E-state index in [1.165, 1.54) is 45.2 Å². The van der Waals surface area contributed by atoms with Crippen molar-refractivity contribution < 1.29 is 24.6 Å². The number of phenols is 1. The number of carbonyl (C=O) groups is 3. The fourth-order valence-electron chi connectivity index (χ4n) is 3.31. The number of nitrogens with one attached hydrogen (secondary N) is 1. The van der Waals surface area contributed by atoms with Gasteiger partial charge in [-0.05, 0) is 33.7 Å². The molecule has 2 atom stereocenters. The highest BCUT2D eigenvalue weighted by Gasteiger charge is 2.54. The Bertz CT molecular complexity index is 1070. The van der Waals surface area contributed by atoms with Crippen molar-refractivity contribution in [2.75, 3.05) is 11.5 Å². The summed E-state index contributed by atoms with van der Waals surface area (Å²) < 4.78 is 1.49. The number of rotatable bonds is 7. The number of carboxylic acid groups (broad SMARTS) is 1. The summed E-state index contributed by atoms with van der Waals surface area (Å²) in [6.07, 6.45) is 0.0523. The van der Waals surface area contributed by atoms with Crippen molar-refractivity contribution >= 4 is 41.3 Å². The van der Waals surface area contributed by atoms with E-state index >= 15 is 0 Å². The molecule has 2 aliphatic rings. The van der Waals surface area contributed by atoms with Gasteiger partial charge in [-0.15, -0.1) is 16.9 Å². The average Bonchev–Trinajstić information content (AvgIpc) is 3.16. The number of hydrogen-bond acceptors (Lipinski definition) is 9. The molecule has 0 radical (unpaired) electrons. The first-order valence-corrected chi connectivity index (χ1v) is 11.2. The number of β-lactam (4-membered cyclic amide) rings is 1. The van der Waals surface area contributed by atoms with Crippen molar-refractivity contribution in [3.05, 3.63) is 41.1 Å². The van der Waals surface area contributed by atoms with Crippen molar-refractivity contribution in [2.24, 2.45) is 7.05 Å². The number of aromatic hydroxyl groups is 1. The Kier molecular flexibility index (Phi) is 5.87. The zero-order valence-corrected chi connectivity index (χ0v) is 17.9. The number of fused-ring (bicyclic) bond motifs is 1. The maximum Gasteiger partial charge on any atom is 0.352 e. The number of amides is 2. The zero-order valence-electron chi connectivity index (χ0n) is 16.3. The first-order chi connectivity index (χ1) is 14.8. The number of tetrazole rings is 1. The van der Waals surface area contributed by atoms with Crippen molar-refractivity contribution in [2.45, 2.75) is 23.0 Å². The Labute approximate surface area is 184 Å². The summed E-state index contributed by atoms with van der Waals surface area (Å²) >= 11 is 2.70. The van der Waals surface area contributed by atoms with Gasteiger partial charge in [-0.25, -0.2) is 9.48 Å². The minimum atomic E-state index is -1.18. The summed E-state index contributed by atoms with van der Waals surface area (Å²) in [5.41, 5.74) is 1.25. The van der Waals surface area contributed by atoms with E-state index in [1.54, 1.807) is 19.2 Å². The largest absolute Gasteiger partial charge is 0.508 e. The summed E-state index contributed by atoms with van der Waals surface area (Å²) in [6.45, 7) is 0. The van der Waals surface area contributed by atoms with Crippen LogP contribution in [0.25, 0.3) is 0 Å². The van der Waals surface area contributed by atoms with E-state index in [2.05, 4.69) is 20.8 Å². The second kappa shape index (κ2) is 8.59. The number of hydrogen-bond donors (Lipinski definition) is 3. The van der Waals surface area contributed by atoms with Gasteiger partial charge in [0, 0.05) is 18.6 Å². The molecule has 3 heterocycles. The van der Waals surface area contributed by atoms with E-state index < -0.39 is 23.3 Å². The first-order valence-electron chi connectivity index (χ1n) is 9.17. The van der Waals surface area contributed by atoms with Crippen molar-refractivity contribution in [3.8, 4) is 5.75 Å². The Morgan fingerprint density at radius 1 is 1.32 bits per heavy atom. The van der Waals surface area contributed by atoms with Crippen molar-refractivity contribution in [1.82, 2.24) is 30.4 Å². The normalized spacial score (nSPS) is 20.3. The van der Waals surface area contributed by atoms with Gasteiger partial charge in [0.1, 0.15) is 22.9 Å². The van der Waals surface area contributed by atoms with Gasteiger partial charge in [0.05, 0.1) is 6.42 Å². The van der Waals surface area contributed by atoms with Crippen LogP contribution in [0.2, 0.25) is 0 Å². The third kappa shape index (κ3) is 4.23. The van der Waals surface area contributed by atoms with E-state index in [9.17, 15) is 24.6 Å². The maximum atomic E-state index is 12.7. The lowest BCUT2D eigenvalue weighted by Gasteiger charge is -2.49. The summed E-state index contributed by atoms with van der Waals surface area (Å²) in [5, 5.41) is 33.0. The number of aromatic nitrogens is 4. The molecule has 2 aliphatic heterocycles. The molecule has 0 spiro atoms. The second-order valence-corrected chi connectivity index (χ2v) is 8.98. The van der Waals surface area contributed by atoms with Crippen LogP contribution in [0.4, 0.5) is 0 Å². The molecule has 3 N–H and O–H groups in total. The molecule has 31 heavy (non-hydrogen) atoms. The number of carboxylic acids is 1. The quantitative estimate of drug-likeness (QED) is 0.378. The highest BCUT2D eigenvalue weighted by molar-refractivity contribution is 8.01. The molecular formula is C18H18N6O5S2. The molecule has 1 aromatic carbocycles. The lowest BCUT2D eigenvalue weighted by molar-refractivity contribution is -0.150. The van der Waals surface area contributed by atoms with E-state index in [0.717, 1.165) is 0 Å². The van der Waals surface area contributed by atoms with Crippen LogP contribution in [-0.2, 0) is 27.9 Å². The number of carbonyl (C=O) groups excluding carboxylic acids is 2. The number of aryl methyl sites for hydroxylation is 1. The number of aliphatic carboxylic acids is 1. The molecule has 0 aliphatic carbocycles. The maximum absolute atomic E-state index is 12.7. The first kappa shape index (κ1) is 21.2. The van der Waals surface area contributed by atoms with Crippen LogP contribution in [0.1, 0.15) is 5.56 Å². The number of benzene rings is 1. The monoisotopic (exact) mass is 462 g/mol. The summed E-state index contributed by atoms with van der Waals surface area (Å²) in [7, 11) is 1.69. The van der Waals surface area contributed by atoms with Gasteiger partial charge in [0.25, 0.3) is 5.91 Å². The van der Waals surface area contributed by atoms with E-state index in [-0.39, 0.29) is 23.8 Å².